The summed E-state index contributed by atoms with van der Waals surface area (Å²) in [7, 11) is 1.68. The summed E-state index contributed by atoms with van der Waals surface area (Å²) >= 11 is 0. The second-order valence-corrected chi connectivity index (χ2v) is 15.6. The number of benzene rings is 8. The van der Waals surface area contributed by atoms with Crippen molar-refractivity contribution < 1.29 is 14.9 Å². The van der Waals surface area contributed by atoms with Crippen molar-refractivity contribution in [3.63, 3.8) is 0 Å². The number of aliphatic hydroxyl groups excluding tert-OH is 2. The summed E-state index contributed by atoms with van der Waals surface area (Å²) in [6, 6.07) is 59.3. The summed E-state index contributed by atoms with van der Waals surface area (Å²) in [5, 5.41) is 34.2. The van der Waals surface area contributed by atoms with Crippen LogP contribution in [0.5, 0.6) is 5.75 Å². The molecule has 6 N–H and O–H groups in total. The molecular weight excluding hydrogens is 741 g/mol. The number of aliphatic hydroxyl groups is 2. The quantitative estimate of drug-likeness (QED) is 0.0777. The first kappa shape index (κ1) is 37.0. The zero-order valence-electron chi connectivity index (χ0n) is 33.4. The minimum absolute atomic E-state index is 0.000392. The van der Waals surface area contributed by atoms with E-state index in [1.165, 1.54) is 50.1 Å². The Morgan fingerprint density at radius 2 is 0.667 bits per heavy atom. The summed E-state index contributed by atoms with van der Waals surface area (Å²) in [6.45, 7) is 2.10. The van der Waals surface area contributed by atoms with E-state index >= 15 is 0 Å². The number of hydrogen-bond donors (Lipinski definition) is 6. The van der Waals surface area contributed by atoms with E-state index < -0.39 is 5.41 Å². The predicted octanol–water partition coefficient (Wildman–Crippen LogP) is 12.3. The van der Waals surface area contributed by atoms with Crippen LogP contribution >= 0.6 is 0 Å². The van der Waals surface area contributed by atoms with Crippen LogP contribution in [0.4, 0.5) is 45.5 Å². The molecule has 2 aliphatic rings. The lowest BCUT2D eigenvalue weighted by atomic mass is 9.70. The fourth-order valence-electron chi connectivity index (χ4n) is 8.90. The Kier molecular flexibility index (Phi) is 9.32. The van der Waals surface area contributed by atoms with Crippen molar-refractivity contribution in [1.82, 2.24) is 0 Å². The van der Waals surface area contributed by atoms with E-state index in [0.717, 1.165) is 62.4 Å². The van der Waals surface area contributed by atoms with Crippen LogP contribution in [0.1, 0.15) is 38.9 Å². The highest BCUT2D eigenvalue weighted by Crippen LogP contribution is 2.64. The number of anilines is 8. The van der Waals surface area contributed by atoms with E-state index in [1.807, 2.05) is 72.8 Å². The molecule has 8 aromatic carbocycles. The fraction of sp³-hybridized carbons (Fsp3) is 0.0943. The largest absolute Gasteiger partial charge is 0.497 e. The molecule has 0 bridgehead atoms. The lowest BCUT2D eigenvalue weighted by Crippen LogP contribution is -2.26. The van der Waals surface area contributed by atoms with Crippen LogP contribution in [0, 0.1) is 6.92 Å². The number of hydrogen-bond acceptors (Lipinski definition) is 7. The molecule has 294 valence electrons. The molecule has 0 fully saturated rings. The molecule has 7 heteroatoms. The van der Waals surface area contributed by atoms with E-state index in [2.05, 4.69) is 125 Å². The first-order valence-corrected chi connectivity index (χ1v) is 20.2. The maximum absolute atomic E-state index is 9.70. The van der Waals surface area contributed by atoms with Crippen molar-refractivity contribution >= 4 is 45.5 Å². The molecule has 1 spiro atoms. The van der Waals surface area contributed by atoms with Gasteiger partial charge in [-0.3, -0.25) is 0 Å². The normalized spacial score (nSPS) is 14.2. The molecule has 7 nitrogen and oxygen atoms in total. The van der Waals surface area contributed by atoms with Crippen LogP contribution in [0.3, 0.4) is 0 Å². The van der Waals surface area contributed by atoms with Gasteiger partial charge >= 0.3 is 0 Å². The second-order valence-electron chi connectivity index (χ2n) is 15.6. The third-order valence-corrected chi connectivity index (χ3v) is 11.8. The minimum Gasteiger partial charge on any atom is -0.497 e. The smallest absolute Gasteiger partial charge is 0.119 e. The van der Waals surface area contributed by atoms with Crippen LogP contribution in [0.25, 0.3) is 22.3 Å². The number of ether oxygens (including phenoxy) is 1. The van der Waals surface area contributed by atoms with Gasteiger partial charge in [0.15, 0.2) is 0 Å². The summed E-state index contributed by atoms with van der Waals surface area (Å²) in [5.41, 5.74) is 19.5. The zero-order chi connectivity index (χ0) is 40.8. The van der Waals surface area contributed by atoms with Gasteiger partial charge in [0, 0.05) is 45.5 Å². The van der Waals surface area contributed by atoms with Gasteiger partial charge in [0.1, 0.15) is 5.75 Å². The van der Waals surface area contributed by atoms with Gasteiger partial charge in [-0.1, -0.05) is 66.2 Å². The van der Waals surface area contributed by atoms with Crippen molar-refractivity contribution in [2.24, 2.45) is 0 Å². The third kappa shape index (κ3) is 6.50. The van der Waals surface area contributed by atoms with Gasteiger partial charge < -0.3 is 36.2 Å². The van der Waals surface area contributed by atoms with Crippen molar-refractivity contribution in [1.29, 1.82) is 0 Å². The summed E-state index contributed by atoms with van der Waals surface area (Å²) in [6.07, 6.45) is 0. The molecule has 0 saturated carbocycles. The Hall–Kier alpha value is -7.32. The molecule has 10 rings (SSSR count). The van der Waals surface area contributed by atoms with Gasteiger partial charge in [0.2, 0.25) is 0 Å². The van der Waals surface area contributed by atoms with Gasteiger partial charge in [-0.05, 0) is 172 Å². The highest BCUT2D eigenvalue weighted by molar-refractivity contribution is 5.98. The first-order chi connectivity index (χ1) is 29.4. The molecule has 1 unspecified atom stereocenters. The van der Waals surface area contributed by atoms with Crippen LogP contribution in [0.2, 0.25) is 0 Å². The topological polar surface area (TPSA) is 97.8 Å². The standard InChI is InChI=1S/C53H44N4O3/c1-33-3-9-36(10-4-33)54-40-17-23-45-46-24-18-41(55-37-11-5-34(31-58)6-12-37)28-50(46)53(49(45)27-40)51-29-42(56-38-13-7-35(32-59)8-14-38)19-25-47(51)48-26-20-43(30-52(48)53)57-39-15-21-44(60-2)22-16-39/h3-30,54-59H,31-32H2,1-2H3. The molecule has 0 aliphatic heterocycles. The van der Waals surface area contributed by atoms with Crippen molar-refractivity contribution in [2.45, 2.75) is 25.6 Å². The molecule has 0 saturated heterocycles. The fourth-order valence-corrected chi connectivity index (χ4v) is 8.90. The number of fused-ring (bicyclic) bond motifs is 10. The molecule has 0 amide bonds. The average molecular weight is 785 g/mol. The van der Waals surface area contributed by atoms with Gasteiger partial charge in [0.25, 0.3) is 0 Å². The van der Waals surface area contributed by atoms with E-state index in [1.54, 1.807) is 7.11 Å². The maximum atomic E-state index is 9.70. The summed E-state index contributed by atoms with van der Waals surface area (Å²) < 4.78 is 5.45. The Balaban J connectivity index is 1.18. The van der Waals surface area contributed by atoms with Gasteiger partial charge in [0.05, 0.1) is 25.7 Å². The van der Waals surface area contributed by atoms with Crippen molar-refractivity contribution in [2.75, 3.05) is 28.4 Å². The van der Waals surface area contributed by atoms with Crippen LogP contribution in [-0.2, 0) is 18.6 Å². The monoisotopic (exact) mass is 784 g/mol. The molecule has 2 aliphatic carbocycles. The van der Waals surface area contributed by atoms with E-state index in [0.29, 0.717) is 0 Å². The highest BCUT2D eigenvalue weighted by atomic mass is 16.5. The minimum atomic E-state index is -0.700. The van der Waals surface area contributed by atoms with Crippen LogP contribution < -0.4 is 26.0 Å². The summed E-state index contributed by atoms with van der Waals surface area (Å²) in [5.74, 6) is 0.806. The van der Waals surface area contributed by atoms with Crippen molar-refractivity contribution in [3.8, 4) is 28.0 Å². The molecule has 1 atom stereocenters. The number of aryl methyl sites for hydroxylation is 1. The van der Waals surface area contributed by atoms with E-state index in [-0.39, 0.29) is 13.2 Å². The lowest BCUT2D eigenvalue weighted by molar-refractivity contribution is 0.281. The SMILES string of the molecule is COc1ccc(Nc2ccc3c(c2)C2(c4cc(Nc5ccc(C)cc5)ccc4-c4ccc(Nc5ccc(CO)cc5)cc42)c2cc(Nc4ccc(CO)cc4)ccc2-3)cc1. The van der Waals surface area contributed by atoms with E-state index in [4.69, 9.17) is 4.74 Å². The molecule has 0 heterocycles. The number of rotatable bonds is 11. The molecular formula is C53H44N4O3. The highest BCUT2D eigenvalue weighted by Gasteiger charge is 2.52. The van der Waals surface area contributed by atoms with Crippen LogP contribution in [0.15, 0.2) is 170 Å². The Morgan fingerprint density at radius 1 is 0.383 bits per heavy atom. The van der Waals surface area contributed by atoms with Gasteiger partial charge in [-0.2, -0.15) is 0 Å². The Labute approximate surface area is 350 Å². The molecule has 0 radical (unpaired) electrons. The Bertz CT molecular complexity index is 2680. The Morgan fingerprint density at radius 3 is 0.967 bits per heavy atom. The third-order valence-electron chi connectivity index (χ3n) is 11.8. The van der Waals surface area contributed by atoms with Crippen LogP contribution in [-0.4, -0.2) is 17.3 Å². The van der Waals surface area contributed by atoms with Gasteiger partial charge in [-0.25, -0.2) is 0 Å². The molecule has 60 heavy (non-hydrogen) atoms. The lowest BCUT2D eigenvalue weighted by Gasteiger charge is -2.32. The first-order valence-electron chi connectivity index (χ1n) is 20.2. The summed E-state index contributed by atoms with van der Waals surface area (Å²) in [4.78, 5) is 0. The molecule has 0 aromatic heterocycles. The average Bonchev–Trinajstić information content (AvgIpc) is 3.73. The zero-order valence-corrected chi connectivity index (χ0v) is 33.4. The number of methoxy groups -OCH3 is 1. The second kappa shape index (κ2) is 15.1. The van der Waals surface area contributed by atoms with Crippen molar-refractivity contribution in [3.05, 3.63) is 209 Å². The van der Waals surface area contributed by atoms with E-state index in [9.17, 15) is 10.2 Å². The maximum Gasteiger partial charge on any atom is 0.119 e. The van der Waals surface area contributed by atoms with Gasteiger partial charge in [-0.15, -0.1) is 0 Å². The number of nitrogens with one attached hydrogen (secondary N) is 4. The molecule has 8 aromatic rings. The predicted molar refractivity (Wildman–Crippen MR) is 245 cm³/mol.